The van der Waals surface area contributed by atoms with Crippen LogP contribution in [-0.2, 0) is 16.0 Å². The van der Waals surface area contributed by atoms with Gasteiger partial charge >= 0.3 is 0 Å². The van der Waals surface area contributed by atoms with Crippen LogP contribution in [0.5, 0.6) is 5.75 Å². The molecule has 4 nitrogen and oxygen atoms in total. The number of piperidine rings is 1. The van der Waals surface area contributed by atoms with Crippen molar-refractivity contribution in [1.29, 1.82) is 0 Å². The third-order valence-electron chi connectivity index (χ3n) is 3.08. The van der Waals surface area contributed by atoms with Crippen molar-refractivity contribution < 1.29 is 14.6 Å². The molecular formula is C14H19NO3. The second-order valence-corrected chi connectivity index (χ2v) is 4.65. The van der Waals surface area contributed by atoms with Gasteiger partial charge in [-0.2, -0.15) is 0 Å². The minimum absolute atomic E-state index is 0.0548. The summed E-state index contributed by atoms with van der Waals surface area (Å²) in [6.07, 6.45) is 2.47. The van der Waals surface area contributed by atoms with Gasteiger partial charge in [-0.05, 0) is 43.6 Å². The molecule has 1 aromatic carbocycles. The number of benzene rings is 1. The Morgan fingerprint density at radius 2 is 2.17 bits per heavy atom. The van der Waals surface area contributed by atoms with Gasteiger partial charge in [-0.25, -0.2) is 0 Å². The summed E-state index contributed by atoms with van der Waals surface area (Å²) in [5.74, 6) is 0.249. The average Bonchev–Trinajstić information content (AvgIpc) is 2.38. The molecule has 4 heteroatoms. The van der Waals surface area contributed by atoms with Gasteiger partial charge in [-0.3, -0.25) is 4.79 Å². The van der Waals surface area contributed by atoms with Gasteiger partial charge in [0.25, 0.3) is 0 Å². The maximum Gasteiger partial charge on any atom is 0.162 e. The second-order valence-electron chi connectivity index (χ2n) is 4.65. The number of carbonyl (C=O) groups excluding carboxylic acids is 1. The highest BCUT2D eigenvalue weighted by molar-refractivity contribution is 5.82. The van der Waals surface area contributed by atoms with E-state index in [4.69, 9.17) is 4.74 Å². The van der Waals surface area contributed by atoms with Crippen LogP contribution in [0.15, 0.2) is 24.3 Å². The minimum atomic E-state index is 0.0548. The van der Waals surface area contributed by atoms with Crippen LogP contribution in [-0.4, -0.2) is 36.7 Å². The van der Waals surface area contributed by atoms with E-state index in [9.17, 15) is 9.90 Å². The predicted molar refractivity (Wildman–Crippen MR) is 68.7 cm³/mol. The molecule has 1 saturated heterocycles. The number of ketones is 1. The fraction of sp³-hybridized carbons (Fsp3) is 0.500. The Bertz CT molecular complexity index is 400. The molecule has 98 valence electrons. The van der Waals surface area contributed by atoms with Crippen LogP contribution < -0.4 is 5.32 Å². The number of phenolic OH excluding ortho intramolecular Hbond substituents is 1. The van der Waals surface area contributed by atoms with Crippen LogP contribution in [0, 0.1) is 0 Å². The first-order valence-corrected chi connectivity index (χ1v) is 6.36. The zero-order valence-corrected chi connectivity index (χ0v) is 10.4. The number of hydrogen-bond donors (Lipinski definition) is 2. The third kappa shape index (κ3) is 4.13. The maximum absolute atomic E-state index is 11.7. The number of nitrogens with one attached hydrogen (secondary N) is 1. The Morgan fingerprint density at radius 3 is 2.89 bits per heavy atom. The number of aromatic hydroxyl groups is 1. The van der Waals surface area contributed by atoms with Gasteiger partial charge < -0.3 is 15.2 Å². The number of phenols is 1. The Labute approximate surface area is 107 Å². The Balaban J connectivity index is 1.74. The monoisotopic (exact) mass is 249 g/mol. The van der Waals surface area contributed by atoms with E-state index in [1.165, 1.54) is 0 Å². The lowest BCUT2D eigenvalue weighted by Crippen LogP contribution is -2.33. The molecule has 18 heavy (non-hydrogen) atoms. The zero-order valence-electron chi connectivity index (χ0n) is 10.4. The van der Waals surface area contributed by atoms with E-state index in [1.807, 2.05) is 6.07 Å². The van der Waals surface area contributed by atoms with E-state index in [1.54, 1.807) is 18.2 Å². The Hall–Kier alpha value is -1.39. The smallest absolute Gasteiger partial charge is 0.162 e. The summed E-state index contributed by atoms with van der Waals surface area (Å²) >= 11 is 0. The van der Waals surface area contributed by atoms with E-state index >= 15 is 0 Å². The molecule has 2 N–H and O–H groups in total. The first-order chi connectivity index (χ1) is 8.74. The molecule has 1 aromatic rings. The lowest BCUT2D eigenvalue weighted by molar-refractivity contribution is -0.125. The molecule has 0 spiro atoms. The second kappa shape index (κ2) is 6.52. The van der Waals surface area contributed by atoms with E-state index in [2.05, 4.69) is 5.32 Å². The molecule has 1 aliphatic rings. The summed E-state index contributed by atoms with van der Waals surface area (Å²) in [6.45, 7) is 2.09. The standard InChI is InChI=1S/C14H19NO3/c16-12-3-1-2-11(8-12)9-13(17)10-18-14-4-6-15-7-5-14/h1-3,8,14-16H,4-7,9-10H2. The van der Waals surface area contributed by atoms with Gasteiger partial charge in [0.05, 0.1) is 6.10 Å². The van der Waals surface area contributed by atoms with Crippen LogP contribution >= 0.6 is 0 Å². The molecule has 0 saturated carbocycles. The molecule has 1 aliphatic heterocycles. The molecule has 0 aromatic heterocycles. The van der Waals surface area contributed by atoms with Crippen LogP contribution in [0.4, 0.5) is 0 Å². The van der Waals surface area contributed by atoms with Crippen LogP contribution in [0.25, 0.3) is 0 Å². The van der Waals surface area contributed by atoms with Gasteiger partial charge in [0.1, 0.15) is 12.4 Å². The molecule has 1 fully saturated rings. The number of carbonyl (C=O) groups is 1. The van der Waals surface area contributed by atoms with Crippen molar-refractivity contribution in [2.75, 3.05) is 19.7 Å². The average molecular weight is 249 g/mol. The minimum Gasteiger partial charge on any atom is -0.508 e. The van der Waals surface area contributed by atoms with E-state index in [0.29, 0.717) is 6.42 Å². The first-order valence-electron chi connectivity index (χ1n) is 6.36. The molecule has 0 bridgehead atoms. The molecule has 1 heterocycles. The van der Waals surface area contributed by atoms with Crippen LogP contribution in [0.2, 0.25) is 0 Å². The van der Waals surface area contributed by atoms with E-state index in [-0.39, 0.29) is 24.2 Å². The molecule has 0 unspecified atom stereocenters. The van der Waals surface area contributed by atoms with Gasteiger partial charge in [0, 0.05) is 6.42 Å². The lowest BCUT2D eigenvalue weighted by Gasteiger charge is -2.22. The summed E-state index contributed by atoms with van der Waals surface area (Å²) in [7, 11) is 0. The first kappa shape index (κ1) is 13.1. The van der Waals surface area contributed by atoms with Crippen molar-refractivity contribution in [1.82, 2.24) is 5.32 Å². The molecule has 0 amide bonds. The van der Waals surface area contributed by atoms with Crippen molar-refractivity contribution in [3.05, 3.63) is 29.8 Å². The van der Waals surface area contributed by atoms with Crippen molar-refractivity contribution in [3.63, 3.8) is 0 Å². The fourth-order valence-electron chi connectivity index (χ4n) is 2.12. The highest BCUT2D eigenvalue weighted by atomic mass is 16.5. The SMILES string of the molecule is O=C(COC1CCNCC1)Cc1cccc(O)c1. The summed E-state index contributed by atoms with van der Waals surface area (Å²) in [4.78, 5) is 11.7. The summed E-state index contributed by atoms with van der Waals surface area (Å²) in [5, 5.41) is 12.6. The predicted octanol–water partition coefficient (Wildman–Crippen LogP) is 1.27. The Kier molecular flexibility index (Phi) is 4.73. The van der Waals surface area contributed by atoms with Gasteiger partial charge in [-0.15, -0.1) is 0 Å². The number of hydrogen-bond acceptors (Lipinski definition) is 4. The zero-order chi connectivity index (χ0) is 12.8. The number of Topliss-reactive ketones (excluding diaryl/α,β-unsaturated/α-hetero) is 1. The van der Waals surface area contributed by atoms with Crippen molar-refractivity contribution in [2.24, 2.45) is 0 Å². The normalized spacial score (nSPS) is 16.7. The highest BCUT2D eigenvalue weighted by Crippen LogP contribution is 2.12. The van der Waals surface area contributed by atoms with E-state index < -0.39 is 0 Å². The van der Waals surface area contributed by atoms with E-state index in [0.717, 1.165) is 31.5 Å². The largest absolute Gasteiger partial charge is 0.508 e. The molecule has 2 rings (SSSR count). The van der Waals surface area contributed by atoms with Gasteiger partial charge in [0.2, 0.25) is 0 Å². The van der Waals surface area contributed by atoms with Gasteiger partial charge in [0.15, 0.2) is 5.78 Å². The summed E-state index contributed by atoms with van der Waals surface area (Å²) < 4.78 is 5.60. The summed E-state index contributed by atoms with van der Waals surface area (Å²) in [6, 6.07) is 6.79. The van der Waals surface area contributed by atoms with Gasteiger partial charge in [-0.1, -0.05) is 12.1 Å². The quantitative estimate of drug-likeness (QED) is 0.825. The molecule has 0 radical (unpaired) electrons. The van der Waals surface area contributed by atoms with Crippen LogP contribution in [0.1, 0.15) is 18.4 Å². The maximum atomic E-state index is 11.7. The Morgan fingerprint density at radius 1 is 1.39 bits per heavy atom. The molecule has 0 atom stereocenters. The van der Waals surface area contributed by atoms with Crippen molar-refractivity contribution in [3.8, 4) is 5.75 Å². The highest BCUT2D eigenvalue weighted by Gasteiger charge is 2.14. The van der Waals surface area contributed by atoms with Crippen molar-refractivity contribution >= 4 is 5.78 Å². The van der Waals surface area contributed by atoms with Crippen LogP contribution in [0.3, 0.4) is 0 Å². The third-order valence-corrected chi connectivity index (χ3v) is 3.08. The fourth-order valence-corrected chi connectivity index (χ4v) is 2.12. The lowest BCUT2D eigenvalue weighted by atomic mass is 10.1. The molecule has 0 aliphatic carbocycles. The molecular weight excluding hydrogens is 230 g/mol. The topological polar surface area (TPSA) is 58.6 Å². The van der Waals surface area contributed by atoms with Crippen molar-refractivity contribution in [2.45, 2.75) is 25.4 Å². The number of rotatable bonds is 5. The number of ether oxygens (including phenoxy) is 1. The summed E-state index contributed by atoms with van der Waals surface area (Å²) in [5.41, 5.74) is 0.828.